The Labute approximate surface area is 158 Å². The molecule has 0 saturated heterocycles. The van der Waals surface area contributed by atoms with Gasteiger partial charge in [0.25, 0.3) is 0 Å². The maximum absolute atomic E-state index is 14.4. The Hall–Kier alpha value is -2.31. The second-order valence-electron chi connectivity index (χ2n) is 5.96. The van der Waals surface area contributed by atoms with Gasteiger partial charge in [-0.15, -0.1) is 0 Å². The summed E-state index contributed by atoms with van der Waals surface area (Å²) in [6.45, 7) is 1.52. The topological polar surface area (TPSA) is 68.0 Å². The Balaban J connectivity index is 1.78. The second kappa shape index (κ2) is 7.37. The minimum absolute atomic E-state index is 0.0365. The van der Waals surface area contributed by atoms with E-state index in [1.54, 1.807) is 24.3 Å². The van der Waals surface area contributed by atoms with Gasteiger partial charge >= 0.3 is 11.3 Å². The van der Waals surface area contributed by atoms with Crippen LogP contribution in [0.5, 0.6) is 0 Å². The maximum Gasteiger partial charge on any atom is 0.400 e. The molecular weight excluding hydrogens is 402 g/mol. The standard InChI is InChI=1S/C17H14ClF3N3O2P/c1-27(25,24-13-5-3-2-4-6-13)10-12-8-7-11(9-14(12)19)15-22-16(26-23-15)17(18,20)21/h2-9H,10H2,1H3,(H,24,25). The number of rotatable bonds is 6. The monoisotopic (exact) mass is 415 g/mol. The van der Waals surface area contributed by atoms with Crippen LogP contribution in [0.4, 0.5) is 18.9 Å². The van der Waals surface area contributed by atoms with Crippen molar-refractivity contribution in [3.63, 3.8) is 0 Å². The second-order valence-corrected chi connectivity index (χ2v) is 9.18. The minimum Gasteiger partial charge on any atom is -0.336 e. The molecule has 1 atom stereocenters. The molecule has 3 aromatic rings. The lowest BCUT2D eigenvalue weighted by Crippen LogP contribution is -2.03. The van der Waals surface area contributed by atoms with Gasteiger partial charge in [-0.1, -0.05) is 35.5 Å². The third-order valence-electron chi connectivity index (χ3n) is 3.59. The van der Waals surface area contributed by atoms with Gasteiger partial charge < -0.3 is 14.2 Å². The third kappa shape index (κ3) is 4.90. The Morgan fingerprint density at radius 2 is 1.93 bits per heavy atom. The molecular formula is C17H14ClF3N3O2P. The van der Waals surface area contributed by atoms with Crippen LogP contribution < -0.4 is 5.09 Å². The Morgan fingerprint density at radius 1 is 1.22 bits per heavy atom. The molecule has 1 N–H and O–H groups in total. The van der Waals surface area contributed by atoms with E-state index in [1.807, 2.05) is 6.07 Å². The van der Waals surface area contributed by atoms with Crippen molar-refractivity contribution in [3.05, 3.63) is 65.8 Å². The predicted molar refractivity (Wildman–Crippen MR) is 96.7 cm³/mol. The first-order valence-electron chi connectivity index (χ1n) is 7.74. The van der Waals surface area contributed by atoms with Crippen LogP contribution in [-0.2, 0) is 16.1 Å². The lowest BCUT2D eigenvalue weighted by molar-refractivity contribution is 0.0551. The van der Waals surface area contributed by atoms with Crippen LogP contribution in [0.3, 0.4) is 0 Å². The largest absolute Gasteiger partial charge is 0.400 e. The molecule has 1 unspecified atom stereocenters. The van der Waals surface area contributed by atoms with Gasteiger partial charge in [-0.2, -0.15) is 13.8 Å². The first kappa shape index (κ1) is 19.5. The van der Waals surface area contributed by atoms with Crippen LogP contribution in [0.2, 0.25) is 0 Å². The van der Waals surface area contributed by atoms with Gasteiger partial charge in [0.2, 0.25) is 5.82 Å². The molecule has 2 aromatic carbocycles. The fourth-order valence-corrected chi connectivity index (χ4v) is 4.18. The molecule has 5 nitrogen and oxygen atoms in total. The highest BCUT2D eigenvalue weighted by Crippen LogP contribution is 2.45. The summed E-state index contributed by atoms with van der Waals surface area (Å²) in [5.41, 5.74) is 1.01. The highest BCUT2D eigenvalue weighted by molar-refractivity contribution is 7.63. The molecule has 1 heterocycles. The number of para-hydroxylation sites is 1. The average molecular weight is 416 g/mol. The van der Waals surface area contributed by atoms with Crippen molar-refractivity contribution in [2.45, 2.75) is 11.5 Å². The zero-order valence-corrected chi connectivity index (χ0v) is 15.6. The number of anilines is 1. The first-order valence-corrected chi connectivity index (χ1v) is 10.5. The van der Waals surface area contributed by atoms with Gasteiger partial charge in [-0.05, 0) is 35.4 Å². The maximum atomic E-state index is 14.4. The highest BCUT2D eigenvalue weighted by Gasteiger charge is 2.35. The van der Waals surface area contributed by atoms with E-state index >= 15 is 0 Å². The summed E-state index contributed by atoms with van der Waals surface area (Å²) in [5, 5.41) is 2.48. The molecule has 0 aliphatic rings. The SMILES string of the molecule is CP(=O)(Cc1ccc(-c2noc(C(F)(F)Cl)n2)cc1F)Nc1ccccc1. The fourth-order valence-electron chi connectivity index (χ4n) is 2.42. The van der Waals surface area contributed by atoms with Crippen molar-refractivity contribution in [1.82, 2.24) is 10.1 Å². The number of halogens is 4. The number of alkyl halides is 3. The highest BCUT2D eigenvalue weighted by atomic mass is 35.5. The van der Waals surface area contributed by atoms with Crippen LogP contribution in [0.15, 0.2) is 53.1 Å². The van der Waals surface area contributed by atoms with E-state index in [2.05, 4.69) is 19.8 Å². The smallest absolute Gasteiger partial charge is 0.336 e. The molecule has 0 fully saturated rings. The van der Waals surface area contributed by atoms with Gasteiger partial charge in [0.05, 0.1) is 0 Å². The van der Waals surface area contributed by atoms with Crippen molar-refractivity contribution in [2.24, 2.45) is 0 Å². The van der Waals surface area contributed by atoms with Gasteiger partial charge in [0.15, 0.2) is 7.29 Å². The quantitative estimate of drug-likeness (QED) is 0.414. The molecule has 1 aromatic heterocycles. The molecule has 0 saturated carbocycles. The molecule has 142 valence electrons. The molecule has 0 aliphatic carbocycles. The van der Waals surface area contributed by atoms with Crippen molar-refractivity contribution >= 4 is 24.6 Å². The number of nitrogens with zero attached hydrogens (tertiary/aromatic N) is 2. The number of benzene rings is 2. The van der Waals surface area contributed by atoms with E-state index in [9.17, 15) is 17.7 Å². The van der Waals surface area contributed by atoms with Crippen LogP contribution in [0.1, 0.15) is 11.5 Å². The Morgan fingerprint density at radius 3 is 2.52 bits per heavy atom. The molecule has 3 rings (SSSR count). The fraction of sp³-hybridized carbons (Fsp3) is 0.176. The first-order chi connectivity index (χ1) is 12.6. The van der Waals surface area contributed by atoms with Crippen molar-refractivity contribution in [1.29, 1.82) is 0 Å². The van der Waals surface area contributed by atoms with Gasteiger partial charge in [-0.3, -0.25) is 0 Å². The molecule has 27 heavy (non-hydrogen) atoms. The lowest BCUT2D eigenvalue weighted by atomic mass is 10.1. The number of hydrogen-bond donors (Lipinski definition) is 1. The molecule has 10 heteroatoms. The Bertz CT molecular complexity index is 993. The summed E-state index contributed by atoms with van der Waals surface area (Å²) in [6, 6.07) is 12.8. The normalized spacial score (nSPS) is 14.0. The van der Waals surface area contributed by atoms with Crippen LogP contribution in [-0.4, -0.2) is 16.8 Å². The molecule has 0 spiro atoms. The van der Waals surface area contributed by atoms with Crippen molar-refractivity contribution in [2.75, 3.05) is 11.8 Å². The summed E-state index contributed by atoms with van der Waals surface area (Å²) in [7, 11) is -2.92. The van der Waals surface area contributed by atoms with Crippen LogP contribution in [0.25, 0.3) is 11.4 Å². The number of aromatic nitrogens is 2. The van der Waals surface area contributed by atoms with Crippen molar-refractivity contribution < 1.29 is 22.3 Å². The summed E-state index contributed by atoms with van der Waals surface area (Å²) in [6.07, 6.45) is -0.0365. The van der Waals surface area contributed by atoms with E-state index in [1.165, 1.54) is 18.8 Å². The third-order valence-corrected chi connectivity index (χ3v) is 5.43. The van der Waals surface area contributed by atoms with E-state index in [0.717, 1.165) is 6.07 Å². The summed E-state index contributed by atoms with van der Waals surface area (Å²) in [4.78, 5) is 3.46. The lowest BCUT2D eigenvalue weighted by Gasteiger charge is -2.17. The molecule has 0 amide bonds. The molecule has 0 bridgehead atoms. The predicted octanol–water partition coefficient (Wildman–Crippen LogP) is 5.68. The van der Waals surface area contributed by atoms with E-state index in [0.29, 0.717) is 5.69 Å². The van der Waals surface area contributed by atoms with Crippen LogP contribution in [0, 0.1) is 5.82 Å². The average Bonchev–Trinajstić information content (AvgIpc) is 3.07. The summed E-state index contributed by atoms with van der Waals surface area (Å²) in [5.74, 6) is -1.96. The van der Waals surface area contributed by atoms with Crippen LogP contribution >= 0.6 is 18.9 Å². The van der Waals surface area contributed by atoms with E-state index < -0.39 is 24.4 Å². The van der Waals surface area contributed by atoms with Gasteiger partial charge in [-0.25, -0.2) is 4.39 Å². The number of nitrogens with one attached hydrogen (secondary N) is 1. The summed E-state index contributed by atoms with van der Waals surface area (Å²) < 4.78 is 57.5. The van der Waals surface area contributed by atoms with E-state index in [-0.39, 0.29) is 23.1 Å². The Kier molecular flexibility index (Phi) is 5.31. The number of hydrogen-bond acceptors (Lipinski definition) is 4. The van der Waals surface area contributed by atoms with Crippen molar-refractivity contribution in [3.8, 4) is 11.4 Å². The molecule has 0 radical (unpaired) electrons. The van der Waals surface area contributed by atoms with Gasteiger partial charge in [0, 0.05) is 24.1 Å². The zero-order chi connectivity index (χ0) is 19.7. The van der Waals surface area contributed by atoms with Gasteiger partial charge in [0.1, 0.15) is 5.82 Å². The minimum atomic E-state index is -3.80. The van der Waals surface area contributed by atoms with E-state index in [4.69, 9.17) is 11.6 Å². The zero-order valence-electron chi connectivity index (χ0n) is 14.0. The summed E-state index contributed by atoms with van der Waals surface area (Å²) >= 11 is 4.81. The molecule has 0 aliphatic heterocycles.